The van der Waals surface area contributed by atoms with Gasteiger partial charge in [0.15, 0.2) is 4.90 Å². The van der Waals surface area contributed by atoms with Crippen LogP contribution >= 0.6 is 0 Å². The Kier molecular flexibility index (Phi) is 8.51. The molecule has 2 unspecified atom stereocenters. The summed E-state index contributed by atoms with van der Waals surface area (Å²) >= 11 is -1.29. The molecule has 2 N–H and O–H groups in total. The van der Waals surface area contributed by atoms with E-state index < -0.39 is 22.5 Å². The molecule has 1 aliphatic heterocycles. The van der Waals surface area contributed by atoms with E-state index in [0.717, 1.165) is 41.5 Å². The Morgan fingerprint density at radius 3 is 2.72 bits per heavy atom. The number of pyridine rings is 1. The maximum Gasteiger partial charge on any atom is 0.244 e. The van der Waals surface area contributed by atoms with Crippen LogP contribution in [0.1, 0.15) is 44.4 Å². The van der Waals surface area contributed by atoms with E-state index in [1.165, 1.54) is 0 Å². The summed E-state index contributed by atoms with van der Waals surface area (Å²) in [7, 11) is 0. The van der Waals surface area contributed by atoms with Crippen molar-refractivity contribution in [3.63, 3.8) is 0 Å². The number of piperidine rings is 1. The molecule has 4 rings (SSSR count). The molecule has 3 aromatic rings. The number of likely N-dealkylation sites (tertiary alicyclic amines) is 1. The van der Waals surface area contributed by atoms with Crippen LogP contribution in [0.3, 0.4) is 0 Å². The number of nitrogens with one attached hydrogen (secondary N) is 1. The standard InChI is InChI=1S/C28H35N3O4S/c1-20(2)31-14-6-13-28(18-31,16-27(32)30-33)19-36(34)24-11-9-23(10-12-24)35-17-22-15-21(3)29-26-8-5-4-7-25(22)26/h4-5,7-12,15,20,33H,6,13-14,16-19H2,1-3H3,(H,30,32). The lowest BCUT2D eigenvalue weighted by atomic mass is 9.78. The fraction of sp³-hybridized carbons (Fsp3) is 0.429. The molecule has 0 radical (unpaired) electrons. The summed E-state index contributed by atoms with van der Waals surface area (Å²) in [6.45, 7) is 8.30. The number of carbonyl (C=O) groups is 1. The molecule has 0 bridgehead atoms. The van der Waals surface area contributed by atoms with Crippen molar-refractivity contribution in [2.45, 2.75) is 57.6 Å². The summed E-state index contributed by atoms with van der Waals surface area (Å²) in [5, 5.41) is 10.2. The highest BCUT2D eigenvalue weighted by molar-refractivity contribution is 7.91. The lowest BCUT2D eigenvalue weighted by Crippen LogP contribution is -2.50. The van der Waals surface area contributed by atoms with Crippen molar-refractivity contribution in [2.24, 2.45) is 5.41 Å². The number of benzene rings is 2. The summed E-state index contributed by atoms with van der Waals surface area (Å²) in [5.41, 5.74) is 4.28. The van der Waals surface area contributed by atoms with E-state index >= 15 is 0 Å². The maximum atomic E-state index is 13.4. The third kappa shape index (κ3) is 6.37. The summed E-state index contributed by atoms with van der Waals surface area (Å²) in [6.07, 6.45) is 1.89. The van der Waals surface area contributed by atoms with Gasteiger partial charge >= 0.3 is 0 Å². The van der Waals surface area contributed by atoms with Gasteiger partial charge < -0.3 is 14.2 Å². The van der Waals surface area contributed by atoms with E-state index in [1.807, 2.05) is 61.5 Å². The molecule has 2 aromatic carbocycles. The van der Waals surface area contributed by atoms with Gasteiger partial charge in [-0.2, -0.15) is 0 Å². The van der Waals surface area contributed by atoms with E-state index in [-0.39, 0.29) is 6.42 Å². The first-order chi connectivity index (χ1) is 17.3. The monoisotopic (exact) mass is 509 g/mol. The number of rotatable bonds is 9. The van der Waals surface area contributed by atoms with Crippen molar-refractivity contribution in [2.75, 3.05) is 18.8 Å². The number of hydroxylamine groups is 1. The Bertz CT molecular complexity index is 1190. The minimum atomic E-state index is -1.29. The molecule has 2 heterocycles. The predicted molar refractivity (Wildman–Crippen MR) is 141 cm³/mol. The minimum Gasteiger partial charge on any atom is -0.611 e. The molecule has 0 aliphatic carbocycles. The van der Waals surface area contributed by atoms with E-state index in [0.29, 0.717) is 35.6 Å². The number of carbonyl (C=O) groups excluding carboxylic acids is 1. The zero-order chi connectivity index (χ0) is 25.7. The number of amides is 1. The first kappa shape index (κ1) is 26.4. The zero-order valence-corrected chi connectivity index (χ0v) is 22.0. The number of para-hydroxylation sites is 1. The quantitative estimate of drug-likeness (QED) is 0.248. The number of ether oxygens (including phenoxy) is 1. The van der Waals surface area contributed by atoms with Gasteiger partial charge in [0.25, 0.3) is 0 Å². The second-order valence-corrected chi connectivity index (χ2v) is 11.5. The fourth-order valence-electron chi connectivity index (χ4n) is 5.10. The van der Waals surface area contributed by atoms with Crippen molar-refractivity contribution in [1.82, 2.24) is 15.4 Å². The molecular formula is C28H35N3O4S. The smallest absolute Gasteiger partial charge is 0.244 e. The number of aryl methyl sites for hydroxylation is 1. The second-order valence-electron chi connectivity index (χ2n) is 10.1. The van der Waals surface area contributed by atoms with E-state index in [4.69, 9.17) is 9.94 Å². The summed E-state index contributed by atoms with van der Waals surface area (Å²) < 4.78 is 19.4. The topological polar surface area (TPSA) is 97.8 Å². The van der Waals surface area contributed by atoms with Gasteiger partial charge in [0.1, 0.15) is 18.1 Å². The Morgan fingerprint density at radius 1 is 1.25 bits per heavy atom. The molecule has 0 spiro atoms. The van der Waals surface area contributed by atoms with Crippen LogP contribution in [-0.2, 0) is 22.6 Å². The minimum absolute atomic E-state index is 0.152. The highest BCUT2D eigenvalue weighted by Gasteiger charge is 2.42. The summed E-state index contributed by atoms with van der Waals surface area (Å²) in [5.74, 6) is 0.638. The van der Waals surface area contributed by atoms with Gasteiger partial charge in [-0.3, -0.25) is 15.0 Å². The van der Waals surface area contributed by atoms with Gasteiger partial charge in [0, 0.05) is 41.1 Å². The van der Waals surface area contributed by atoms with E-state index in [2.05, 4.69) is 23.7 Å². The summed E-state index contributed by atoms with van der Waals surface area (Å²) in [4.78, 5) is 19.7. The average molecular weight is 510 g/mol. The molecule has 1 amide bonds. The molecule has 192 valence electrons. The molecule has 8 heteroatoms. The van der Waals surface area contributed by atoms with Crippen LogP contribution in [0, 0.1) is 12.3 Å². The van der Waals surface area contributed by atoms with Crippen molar-refractivity contribution in [3.8, 4) is 5.75 Å². The van der Waals surface area contributed by atoms with E-state index in [1.54, 1.807) is 5.48 Å². The van der Waals surface area contributed by atoms with Crippen molar-refractivity contribution in [1.29, 1.82) is 0 Å². The maximum absolute atomic E-state index is 13.4. The first-order valence-corrected chi connectivity index (χ1v) is 13.7. The lowest BCUT2D eigenvalue weighted by molar-refractivity contribution is -0.132. The largest absolute Gasteiger partial charge is 0.611 e. The van der Waals surface area contributed by atoms with Crippen LogP contribution in [-0.4, -0.2) is 50.4 Å². The Hall–Kier alpha value is -2.65. The lowest BCUT2D eigenvalue weighted by Gasteiger charge is -2.43. The summed E-state index contributed by atoms with van der Waals surface area (Å²) in [6, 6.07) is 17.8. The zero-order valence-electron chi connectivity index (χ0n) is 21.2. The van der Waals surface area contributed by atoms with E-state index in [9.17, 15) is 9.35 Å². The Morgan fingerprint density at radius 2 is 2.00 bits per heavy atom. The first-order valence-electron chi connectivity index (χ1n) is 12.4. The highest BCUT2D eigenvalue weighted by Crippen LogP contribution is 2.37. The van der Waals surface area contributed by atoms with Crippen molar-refractivity contribution >= 4 is 28.0 Å². The van der Waals surface area contributed by atoms with Crippen LogP contribution in [0.25, 0.3) is 10.9 Å². The van der Waals surface area contributed by atoms with Gasteiger partial charge in [-0.15, -0.1) is 0 Å². The van der Waals surface area contributed by atoms with Crippen LogP contribution in [0.5, 0.6) is 5.75 Å². The Labute approximate surface area is 216 Å². The van der Waals surface area contributed by atoms with Gasteiger partial charge in [-0.25, -0.2) is 5.48 Å². The van der Waals surface area contributed by atoms with Crippen LogP contribution in [0.4, 0.5) is 0 Å². The SMILES string of the molecule is Cc1cc(COc2ccc([S+]([O-])CC3(CC(=O)NO)CCCN(C(C)C)C3)cc2)c2ccccc2n1. The van der Waals surface area contributed by atoms with Crippen molar-refractivity contribution in [3.05, 3.63) is 65.9 Å². The number of aromatic nitrogens is 1. The molecule has 1 aromatic heterocycles. The van der Waals surface area contributed by atoms with Gasteiger partial charge in [0.05, 0.1) is 5.52 Å². The number of nitrogens with zero attached hydrogens (tertiary/aromatic N) is 2. The molecule has 0 saturated carbocycles. The average Bonchev–Trinajstić information content (AvgIpc) is 2.87. The second kappa shape index (κ2) is 11.6. The molecular weight excluding hydrogens is 474 g/mol. The number of hydrogen-bond donors (Lipinski definition) is 2. The third-order valence-electron chi connectivity index (χ3n) is 6.93. The van der Waals surface area contributed by atoms with Gasteiger partial charge in [0.2, 0.25) is 5.91 Å². The molecule has 1 saturated heterocycles. The molecule has 36 heavy (non-hydrogen) atoms. The van der Waals surface area contributed by atoms with Crippen LogP contribution < -0.4 is 10.2 Å². The number of hydrogen-bond acceptors (Lipinski definition) is 6. The van der Waals surface area contributed by atoms with Gasteiger partial charge in [-0.05, 0) is 87.7 Å². The predicted octanol–water partition coefficient (Wildman–Crippen LogP) is 4.62. The highest BCUT2D eigenvalue weighted by atomic mass is 32.2. The van der Waals surface area contributed by atoms with Gasteiger partial charge in [-0.1, -0.05) is 18.2 Å². The van der Waals surface area contributed by atoms with Crippen LogP contribution in [0.15, 0.2) is 59.5 Å². The molecule has 2 atom stereocenters. The molecule has 7 nitrogen and oxygen atoms in total. The third-order valence-corrected chi connectivity index (χ3v) is 8.60. The Balaban J connectivity index is 1.44. The molecule has 1 aliphatic rings. The van der Waals surface area contributed by atoms with Crippen LogP contribution in [0.2, 0.25) is 0 Å². The molecule has 1 fully saturated rings. The normalized spacial score (nSPS) is 19.4. The van der Waals surface area contributed by atoms with Crippen molar-refractivity contribution < 1.29 is 19.3 Å². The fourth-order valence-corrected chi connectivity index (χ4v) is 6.60. The number of fused-ring (bicyclic) bond motifs is 1.